The molecule has 42 heavy (non-hydrogen) atoms. The van der Waals surface area contributed by atoms with Crippen LogP contribution < -0.4 is 10.6 Å². The highest BCUT2D eigenvalue weighted by Gasteiger charge is 2.17. The van der Waals surface area contributed by atoms with Crippen LogP contribution in [0.2, 0.25) is 0 Å². The second kappa shape index (κ2) is 12.6. The van der Waals surface area contributed by atoms with Crippen molar-refractivity contribution in [2.45, 2.75) is 78.6 Å². The molecule has 6 heteroatoms. The molecular formula is C36H44N6. The molecule has 2 aromatic carbocycles. The van der Waals surface area contributed by atoms with Gasteiger partial charge in [0, 0.05) is 70.1 Å². The fourth-order valence-corrected chi connectivity index (χ4v) is 6.63. The summed E-state index contributed by atoms with van der Waals surface area (Å²) in [6.45, 7) is 12.7. The monoisotopic (exact) mass is 560 g/mol. The van der Waals surface area contributed by atoms with Crippen molar-refractivity contribution in [3.05, 3.63) is 84.4 Å². The summed E-state index contributed by atoms with van der Waals surface area (Å²) < 4.78 is 4.89. The first kappa shape index (κ1) is 28.4. The summed E-state index contributed by atoms with van der Waals surface area (Å²) in [7, 11) is 0. The van der Waals surface area contributed by atoms with E-state index in [9.17, 15) is 0 Å². The molecule has 4 heterocycles. The normalized spacial score (nSPS) is 12.2. The molecule has 0 aliphatic rings. The molecule has 0 atom stereocenters. The Bertz CT molecular complexity index is 1670. The molecule has 2 N–H and O–H groups in total. The van der Waals surface area contributed by atoms with Crippen molar-refractivity contribution in [2.24, 2.45) is 0 Å². The third-order valence-corrected chi connectivity index (χ3v) is 8.46. The van der Waals surface area contributed by atoms with E-state index in [1.165, 1.54) is 69.3 Å². The highest BCUT2D eigenvalue weighted by Crippen LogP contribution is 2.34. The van der Waals surface area contributed by atoms with Crippen LogP contribution in [0, 0.1) is 0 Å². The average Bonchev–Trinajstić information content (AvgIpc) is 3.52. The summed E-state index contributed by atoms with van der Waals surface area (Å²) in [5.41, 5.74) is 7.40. The van der Waals surface area contributed by atoms with Crippen LogP contribution in [0.5, 0.6) is 0 Å². The summed E-state index contributed by atoms with van der Waals surface area (Å²) in [5.74, 6) is 0. The van der Waals surface area contributed by atoms with Gasteiger partial charge in [-0.05, 0) is 77.9 Å². The van der Waals surface area contributed by atoms with Gasteiger partial charge >= 0.3 is 0 Å². The lowest BCUT2D eigenvalue weighted by Crippen LogP contribution is -2.18. The number of benzene rings is 2. The Kier molecular flexibility index (Phi) is 8.54. The average molecular weight is 561 g/mol. The van der Waals surface area contributed by atoms with Crippen molar-refractivity contribution in [1.29, 1.82) is 0 Å². The largest absolute Gasteiger partial charge is 0.336 e. The first-order valence-electron chi connectivity index (χ1n) is 15.7. The minimum atomic E-state index is 0.382. The van der Waals surface area contributed by atoms with E-state index in [0.717, 1.165) is 37.6 Å². The minimum absolute atomic E-state index is 0.382. The number of fused-ring (bicyclic) bond motifs is 6. The standard InChI is InChI=1S/C36H44N6/c1-25(2)41-33-15-9-7-13-27(33)29-17-21-39-31(35(29)41)23-37-19-11-5-6-12-20-38-24-32-36-30(18-22-40-32)28-14-8-10-16-34(28)42(36)26(3)4/h7-10,13-18,21-22,25-26,37-38H,5-6,11-12,19-20,23-24H2,1-4H3. The molecule has 6 nitrogen and oxygen atoms in total. The number of rotatable bonds is 13. The number of hydrogen-bond acceptors (Lipinski definition) is 4. The van der Waals surface area contributed by atoms with Crippen LogP contribution in [-0.4, -0.2) is 32.2 Å². The van der Waals surface area contributed by atoms with Crippen LogP contribution in [0.15, 0.2) is 73.1 Å². The van der Waals surface area contributed by atoms with Gasteiger partial charge in [0.25, 0.3) is 0 Å². The fraction of sp³-hybridized carbons (Fsp3) is 0.389. The van der Waals surface area contributed by atoms with E-state index < -0.39 is 0 Å². The van der Waals surface area contributed by atoms with Gasteiger partial charge < -0.3 is 19.8 Å². The summed E-state index contributed by atoms with van der Waals surface area (Å²) in [6, 6.07) is 22.5. The number of hydrogen-bond donors (Lipinski definition) is 2. The zero-order chi connectivity index (χ0) is 29.1. The lowest BCUT2D eigenvalue weighted by Gasteiger charge is -2.14. The third kappa shape index (κ3) is 5.41. The Morgan fingerprint density at radius 3 is 1.40 bits per heavy atom. The highest BCUT2D eigenvalue weighted by atomic mass is 15.0. The molecule has 0 radical (unpaired) electrons. The van der Waals surface area contributed by atoms with Crippen molar-refractivity contribution in [1.82, 2.24) is 29.7 Å². The molecular weight excluding hydrogens is 516 g/mol. The van der Waals surface area contributed by atoms with Crippen molar-refractivity contribution in [3.63, 3.8) is 0 Å². The molecule has 0 saturated heterocycles. The summed E-state index contributed by atoms with van der Waals surface area (Å²) in [4.78, 5) is 9.57. The van der Waals surface area contributed by atoms with Crippen LogP contribution in [0.3, 0.4) is 0 Å². The SMILES string of the molecule is CC(C)n1c2ccccc2c2ccnc(CNCCCCCCNCc3nccc4c5ccccc5n(C(C)C)c34)c21. The molecule has 6 aromatic rings. The Balaban J connectivity index is 0.974. The molecule has 0 fully saturated rings. The maximum Gasteiger partial charge on any atom is 0.0784 e. The first-order chi connectivity index (χ1) is 20.6. The van der Waals surface area contributed by atoms with E-state index in [0.29, 0.717) is 12.1 Å². The number of unbranched alkanes of at least 4 members (excludes halogenated alkanes) is 3. The van der Waals surface area contributed by atoms with Gasteiger partial charge in [-0.2, -0.15) is 0 Å². The van der Waals surface area contributed by atoms with Gasteiger partial charge in [-0.3, -0.25) is 9.97 Å². The van der Waals surface area contributed by atoms with E-state index in [2.05, 4.69) is 108 Å². The van der Waals surface area contributed by atoms with Crippen LogP contribution in [-0.2, 0) is 13.1 Å². The molecule has 0 unspecified atom stereocenters. The highest BCUT2D eigenvalue weighted by molar-refractivity contribution is 6.09. The molecule has 0 bridgehead atoms. The van der Waals surface area contributed by atoms with E-state index >= 15 is 0 Å². The summed E-state index contributed by atoms with van der Waals surface area (Å²) in [5, 5.41) is 12.6. The van der Waals surface area contributed by atoms with E-state index in [1.54, 1.807) is 0 Å². The predicted molar refractivity (Wildman–Crippen MR) is 177 cm³/mol. The Morgan fingerprint density at radius 1 is 0.548 bits per heavy atom. The predicted octanol–water partition coefficient (Wildman–Crippen LogP) is 8.29. The maximum atomic E-state index is 4.79. The van der Waals surface area contributed by atoms with Gasteiger partial charge in [0.15, 0.2) is 0 Å². The van der Waals surface area contributed by atoms with Gasteiger partial charge in [0.05, 0.1) is 22.4 Å². The molecule has 0 saturated carbocycles. The van der Waals surface area contributed by atoms with Crippen molar-refractivity contribution >= 4 is 43.6 Å². The zero-order valence-electron chi connectivity index (χ0n) is 25.5. The smallest absolute Gasteiger partial charge is 0.0784 e. The molecule has 0 amide bonds. The molecule has 0 aliphatic heterocycles. The summed E-state index contributed by atoms with van der Waals surface area (Å²) >= 11 is 0. The lowest BCUT2D eigenvalue weighted by molar-refractivity contribution is 0.558. The molecule has 6 rings (SSSR count). The number of nitrogens with one attached hydrogen (secondary N) is 2. The fourth-order valence-electron chi connectivity index (χ4n) is 6.63. The molecule has 218 valence electrons. The van der Waals surface area contributed by atoms with Gasteiger partial charge in [-0.25, -0.2) is 0 Å². The third-order valence-electron chi connectivity index (χ3n) is 8.46. The van der Waals surface area contributed by atoms with Crippen LogP contribution in [0.25, 0.3) is 43.6 Å². The van der Waals surface area contributed by atoms with Gasteiger partial charge in [0.2, 0.25) is 0 Å². The Labute approximate surface area is 249 Å². The second-order valence-electron chi connectivity index (χ2n) is 12.0. The van der Waals surface area contributed by atoms with Crippen molar-refractivity contribution < 1.29 is 0 Å². The molecule has 0 aliphatic carbocycles. The van der Waals surface area contributed by atoms with E-state index in [-0.39, 0.29) is 0 Å². The Hall–Kier alpha value is -3.74. The quantitative estimate of drug-likeness (QED) is 0.140. The first-order valence-corrected chi connectivity index (χ1v) is 15.7. The molecule has 0 spiro atoms. The van der Waals surface area contributed by atoms with Crippen LogP contribution in [0.4, 0.5) is 0 Å². The van der Waals surface area contributed by atoms with Crippen LogP contribution >= 0.6 is 0 Å². The second-order valence-corrected chi connectivity index (χ2v) is 12.0. The van der Waals surface area contributed by atoms with Crippen LogP contribution in [0.1, 0.15) is 76.8 Å². The number of nitrogens with zero attached hydrogens (tertiary/aromatic N) is 4. The maximum absolute atomic E-state index is 4.79. The van der Waals surface area contributed by atoms with Crippen molar-refractivity contribution in [2.75, 3.05) is 13.1 Å². The van der Waals surface area contributed by atoms with Crippen molar-refractivity contribution in [3.8, 4) is 0 Å². The minimum Gasteiger partial charge on any atom is -0.336 e. The van der Waals surface area contributed by atoms with Gasteiger partial charge in [-0.1, -0.05) is 49.2 Å². The molecule has 4 aromatic heterocycles. The van der Waals surface area contributed by atoms with E-state index in [4.69, 9.17) is 9.97 Å². The topological polar surface area (TPSA) is 59.7 Å². The number of pyridine rings is 2. The van der Waals surface area contributed by atoms with E-state index in [1.807, 2.05) is 12.4 Å². The van der Waals surface area contributed by atoms with Gasteiger partial charge in [0.1, 0.15) is 0 Å². The lowest BCUT2D eigenvalue weighted by atomic mass is 10.1. The number of para-hydroxylation sites is 2. The zero-order valence-corrected chi connectivity index (χ0v) is 25.5. The summed E-state index contributed by atoms with van der Waals surface area (Å²) in [6.07, 6.45) is 8.74. The van der Waals surface area contributed by atoms with Gasteiger partial charge in [-0.15, -0.1) is 0 Å². The Morgan fingerprint density at radius 2 is 0.976 bits per heavy atom. The number of aromatic nitrogens is 4.